The van der Waals surface area contributed by atoms with E-state index < -0.39 is 0 Å². The number of ether oxygens (including phenoxy) is 1. The molecule has 0 atom stereocenters. The number of aryl methyl sites for hydroxylation is 2. The molecule has 2 heterocycles. The van der Waals surface area contributed by atoms with Crippen molar-refractivity contribution >= 4 is 5.91 Å². The fourth-order valence-electron chi connectivity index (χ4n) is 4.55. The van der Waals surface area contributed by atoms with Gasteiger partial charge in [-0.2, -0.15) is 5.10 Å². The van der Waals surface area contributed by atoms with Gasteiger partial charge in [-0.3, -0.25) is 4.79 Å². The molecule has 5 rings (SSSR count). The number of methoxy groups -OCH3 is 1. The van der Waals surface area contributed by atoms with Gasteiger partial charge in [-0.1, -0.05) is 12.1 Å². The highest BCUT2D eigenvalue weighted by Gasteiger charge is 2.34. The van der Waals surface area contributed by atoms with Gasteiger partial charge in [-0.15, -0.1) is 0 Å². The van der Waals surface area contributed by atoms with E-state index in [0.29, 0.717) is 23.8 Å². The SMILES string of the molecule is COc1cc2c(cc1-c1ncco1)-c1c(c(C(=O)N(C)C(C)(C)C)nn1-c1cccc(C)c1)CC2. The number of nitrogens with zero attached hydrogens (tertiary/aromatic N) is 4. The zero-order chi connectivity index (χ0) is 24.9. The Morgan fingerprint density at radius 3 is 2.60 bits per heavy atom. The normalized spacial score (nSPS) is 12.7. The molecule has 1 aliphatic rings. The molecule has 35 heavy (non-hydrogen) atoms. The Hall–Kier alpha value is -3.87. The summed E-state index contributed by atoms with van der Waals surface area (Å²) in [6.07, 6.45) is 4.67. The minimum Gasteiger partial charge on any atom is -0.496 e. The number of hydrogen-bond donors (Lipinski definition) is 0. The third-order valence-electron chi connectivity index (χ3n) is 6.73. The second kappa shape index (κ2) is 8.41. The summed E-state index contributed by atoms with van der Waals surface area (Å²) < 4.78 is 13.2. The van der Waals surface area contributed by atoms with Gasteiger partial charge in [0.1, 0.15) is 12.0 Å². The van der Waals surface area contributed by atoms with Gasteiger partial charge in [0.2, 0.25) is 5.89 Å². The van der Waals surface area contributed by atoms with Crippen LogP contribution in [-0.2, 0) is 12.8 Å². The maximum atomic E-state index is 13.6. The molecule has 0 unspecified atom stereocenters. The summed E-state index contributed by atoms with van der Waals surface area (Å²) >= 11 is 0. The van der Waals surface area contributed by atoms with Gasteiger partial charge in [-0.05, 0) is 75.9 Å². The predicted octanol–water partition coefficient (Wildman–Crippen LogP) is 5.48. The third-order valence-corrected chi connectivity index (χ3v) is 6.73. The van der Waals surface area contributed by atoms with Crippen molar-refractivity contribution in [1.29, 1.82) is 0 Å². The quantitative estimate of drug-likeness (QED) is 0.395. The topological polar surface area (TPSA) is 73.4 Å². The van der Waals surface area contributed by atoms with Gasteiger partial charge in [0.05, 0.1) is 30.3 Å². The van der Waals surface area contributed by atoms with Crippen molar-refractivity contribution in [2.75, 3.05) is 14.2 Å². The standard InChI is InChI=1S/C28H30N4O3/c1-17-8-7-9-19(14-17)32-25-20(24(30-32)27(33)31(5)28(2,3)4)11-10-18-15-23(34-6)22(16-21(18)25)26-29-12-13-35-26/h7-9,12-16H,10-11H2,1-6H3. The van der Waals surface area contributed by atoms with E-state index in [9.17, 15) is 4.79 Å². The number of aromatic nitrogens is 3. The zero-order valence-corrected chi connectivity index (χ0v) is 21.0. The fraction of sp³-hybridized carbons (Fsp3) is 0.321. The maximum Gasteiger partial charge on any atom is 0.274 e. The molecule has 4 aromatic rings. The summed E-state index contributed by atoms with van der Waals surface area (Å²) in [5.74, 6) is 1.12. The van der Waals surface area contributed by atoms with E-state index in [1.54, 1.807) is 24.5 Å². The zero-order valence-electron chi connectivity index (χ0n) is 21.0. The predicted molar refractivity (Wildman–Crippen MR) is 135 cm³/mol. The molecule has 0 radical (unpaired) electrons. The van der Waals surface area contributed by atoms with Crippen LogP contribution >= 0.6 is 0 Å². The van der Waals surface area contributed by atoms with Crippen molar-refractivity contribution in [3.63, 3.8) is 0 Å². The highest BCUT2D eigenvalue weighted by molar-refractivity contribution is 5.97. The van der Waals surface area contributed by atoms with E-state index in [2.05, 4.69) is 24.0 Å². The lowest BCUT2D eigenvalue weighted by atomic mass is 9.87. The number of rotatable bonds is 4. The molecule has 7 heteroatoms. The number of fused-ring (bicyclic) bond motifs is 3. The first kappa shape index (κ1) is 22.9. The number of amides is 1. The Bertz CT molecular complexity index is 1410. The molecule has 0 bridgehead atoms. The molecule has 180 valence electrons. The molecule has 1 amide bonds. The van der Waals surface area contributed by atoms with Crippen molar-refractivity contribution in [2.45, 2.75) is 46.1 Å². The number of carbonyl (C=O) groups is 1. The summed E-state index contributed by atoms with van der Waals surface area (Å²) in [6.45, 7) is 8.13. The lowest BCUT2D eigenvalue weighted by molar-refractivity contribution is 0.0648. The lowest BCUT2D eigenvalue weighted by Gasteiger charge is -2.31. The first-order valence-electron chi connectivity index (χ1n) is 11.8. The van der Waals surface area contributed by atoms with Gasteiger partial charge in [0.15, 0.2) is 5.69 Å². The van der Waals surface area contributed by atoms with E-state index in [1.807, 2.05) is 56.8 Å². The molecule has 0 spiro atoms. The molecular weight excluding hydrogens is 440 g/mol. The smallest absolute Gasteiger partial charge is 0.274 e. The maximum absolute atomic E-state index is 13.6. The highest BCUT2D eigenvalue weighted by Crippen LogP contribution is 2.43. The highest BCUT2D eigenvalue weighted by atomic mass is 16.5. The van der Waals surface area contributed by atoms with Crippen molar-refractivity contribution in [3.05, 3.63) is 71.2 Å². The van der Waals surface area contributed by atoms with E-state index in [-0.39, 0.29) is 11.4 Å². The van der Waals surface area contributed by atoms with E-state index in [1.165, 1.54) is 0 Å². The van der Waals surface area contributed by atoms with Crippen LogP contribution < -0.4 is 4.74 Å². The van der Waals surface area contributed by atoms with Crippen LogP contribution in [0.4, 0.5) is 0 Å². The first-order valence-corrected chi connectivity index (χ1v) is 11.8. The average Bonchev–Trinajstić information content (AvgIpc) is 3.50. The minimum absolute atomic E-state index is 0.0787. The van der Waals surface area contributed by atoms with Crippen molar-refractivity contribution < 1.29 is 13.9 Å². The van der Waals surface area contributed by atoms with Crippen LogP contribution in [-0.4, -0.2) is 45.3 Å². The minimum atomic E-state index is -0.324. The van der Waals surface area contributed by atoms with Gasteiger partial charge in [-0.25, -0.2) is 9.67 Å². The molecule has 0 fully saturated rings. The Kier molecular flexibility index (Phi) is 5.50. The van der Waals surface area contributed by atoms with Crippen LogP contribution in [0.2, 0.25) is 0 Å². The second-order valence-corrected chi connectivity index (χ2v) is 10.0. The molecule has 0 saturated heterocycles. The molecule has 7 nitrogen and oxygen atoms in total. The van der Waals surface area contributed by atoms with Crippen molar-refractivity contribution in [3.8, 4) is 34.1 Å². The van der Waals surface area contributed by atoms with Gasteiger partial charge in [0.25, 0.3) is 5.91 Å². The second-order valence-electron chi connectivity index (χ2n) is 10.0. The molecular formula is C28H30N4O3. The molecule has 1 aliphatic carbocycles. The van der Waals surface area contributed by atoms with E-state index >= 15 is 0 Å². The molecule has 0 aliphatic heterocycles. The largest absolute Gasteiger partial charge is 0.496 e. The number of benzene rings is 2. The van der Waals surface area contributed by atoms with Gasteiger partial charge >= 0.3 is 0 Å². The average molecular weight is 471 g/mol. The fourth-order valence-corrected chi connectivity index (χ4v) is 4.55. The Labute approximate surface area is 205 Å². The summed E-state index contributed by atoms with van der Waals surface area (Å²) in [6, 6.07) is 12.3. The van der Waals surface area contributed by atoms with Crippen LogP contribution in [0.15, 0.2) is 53.3 Å². The summed E-state index contributed by atoms with van der Waals surface area (Å²) in [5, 5.41) is 4.93. The van der Waals surface area contributed by atoms with Crippen LogP contribution in [0.25, 0.3) is 28.4 Å². The Morgan fingerprint density at radius 2 is 1.94 bits per heavy atom. The first-order chi connectivity index (χ1) is 16.7. The number of carbonyl (C=O) groups excluding carboxylic acids is 1. The van der Waals surface area contributed by atoms with Gasteiger partial charge in [0, 0.05) is 23.7 Å². The Morgan fingerprint density at radius 1 is 1.14 bits per heavy atom. The number of hydrogen-bond acceptors (Lipinski definition) is 5. The summed E-state index contributed by atoms with van der Waals surface area (Å²) in [5.41, 5.74) is 7.02. The van der Waals surface area contributed by atoms with Crippen molar-refractivity contribution in [2.24, 2.45) is 0 Å². The monoisotopic (exact) mass is 470 g/mol. The van der Waals surface area contributed by atoms with Crippen LogP contribution in [0.5, 0.6) is 5.75 Å². The van der Waals surface area contributed by atoms with Crippen LogP contribution in [0.1, 0.15) is 48.0 Å². The summed E-state index contributed by atoms with van der Waals surface area (Å²) in [4.78, 5) is 19.8. The lowest BCUT2D eigenvalue weighted by Crippen LogP contribution is -2.43. The van der Waals surface area contributed by atoms with Crippen LogP contribution in [0, 0.1) is 6.92 Å². The summed E-state index contributed by atoms with van der Waals surface area (Å²) in [7, 11) is 3.49. The molecule has 2 aromatic carbocycles. The molecule has 0 N–H and O–H groups in total. The van der Waals surface area contributed by atoms with E-state index in [0.717, 1.165) is 45.6 Å². The van der Waals surface area contributed by atoms with Gasteiger partial charge < -0.3 is 14.1 Å². The van der Waals surface area contributed by atoms with Crippen LogP contribution in [0.3, 0.4) is 0 Å². The molecule has 2 aromatic heterocycles. The number of oxazole rings is 1. The van der Waals surface area contributed by atoms with E-state index in [4.69, 9.17) is 14.3 Å². The Balaban J connectivity index is 1.78. The third kappa shape index (κ3) is 3.91. The molecule has 0 saturated carbocycles. The van der Waals surface area contributed by atoms with Crippen molar-refractivity contribution in [1.82, 2.24) is 19.7 Å².